The maximum atomic E-state index is 15.4. The van der Waals surface area contributed by atoms with Crippen LogP contribution in [-0.4, -0.2) is 41.1 Å². The zero-order valence-electron chi connectivity index (χ0n) is 29.1. The molecule has 0 radical (unpaired) electrons. The van der Waals surface area contributed by atoms with Crippen molar-refractivity contribution in [3.8, 4) is 0 Å². The average molecular weight is 687 g/mol. The van der Waals surface area contributed by atoms with Crippen LogP contribution in [0.25, 0.3) is 0 Å². The lowest BCUT2D eigenvalue weighted by Crippen LogP contribution is -2.65. The second-order valence-corrected chi connectivity index (χ2v) is 16.2. The molecular formula is C44H46O7. The number of rotatable bonds is 6. The maximum absolute atomic E-state index is 15.4. The number of hydrogen-bond donors (Lipinski definition) is 0. The Morgan fingerprint density at radius 1 is 0.647 bits per heavy atom. The first-order chi connectivity index (χ1) is 24.6. The predicted octanol–water partition coefficient (Wildman–Crippen LogP) is 7.41. The van der Waals surface area contributed by atoms with Gasteiger partial charge >= 0.3 is 11.9 Å². The molecule has 264 valence electrons. The number of ketones is 1. The van der Waals surface area contributed by atoms with Gasteiger partial charge in [0.05, 0.1) is 18.6 Å². The van der Waals surface area contributed by atoms with E-state index in [9.17, 15) is 9.59 Å². The Hall–Kier alpha value is -4.07. The van der Waals surface area contributed by atoms with Crippen LogP contribution in [0.1, 0.15) is 62.5 Å². The summed E-state index contributed by atoms with van der Waals surface area (Å²) >= 11 is 0. The molecule has 2 aliphatic heterocycles. The Morgan fingerprint density at radius 2 is 1.18 bits per heavy atom. The van der Waals surface area contributed by atoms with E-state index in [0.29, 0.717) is 62.7 Å². The smallest absolute Gasteiger partial charge is 0.334 e. The van der Waals surface area contributed by atoms with Crippen molar-refractivity contribution in [3.63, 3.8) is 0 Å². The molecule has 2 aromatic rings. The highest BCUT2D eigenvalue weighted by atomic mass is 16.6. The third kappa shape index (κ3) is 4.40. The number of carbonyl (C=O) groups is 3. The van der Waals surface area contributed by atoms with Crippen LogP contribution in [0.15, 0.2) is 109 Å². The fourth-order valence-electron chi connectivity index (χ4n) is 12.2. The summed E-state index contributed by atoms with van der Waals surface area (Å²) in [6.07, 6.45) is 3.67. The van der Waals surface area contributed by atoms with E-state index in [-0.39, 0.29) is 59.8 Å². The van der Waals surface area contributed by atoms with Crippen molar-refractivity contribution in [2.75, 3.05) is 0 Å². The number of fused-ring (bicyclic) bond motifs is 10. The molecule has 1 spiro atoms. The first-order valence-corrected chi connectivity index (χ1v) is 18.7. The van der Waals surface area contributed by atoms with Gasteiger partial charge in [0.25, 0.3) is 0 Å². The summed E-state index contributed by atoms with van der Waals surface area (Å²) in [5.41, 5.74) is 1.80. The number of ether oxygens (including phenoxy) is 4. The monoisotopic (exact) mass is 686 g/mol. The molecule has 7 heteroatoms. The van der Waals surface area contributed by atoms with Crippen LogP contribution in [0, 0.1) is 40.9 Å². The van der Waals surface area contributed by atoms with Crippen molar-refractivity contribution in [2.24, 2.45) is 40.9 Å². The Morgan fingerprint density at radius 3 is 1.76 bits per heavy atom. The summed E-state index contributed by atoms with van der Waals surface area (Å²) in [7, 11) is 0. The van der Waals surface area contributed by atoms with Crippen molar-refractivity contribution in [3.05, 3.63) is 120 Å². The molecule has 2 heterocycles. The first kappa shape index (κ1) is 32.8. The Balaban J connectivity index is 1.28. The van der Waals surface area contributed by atoms with Gasteiger partial charge in [-0.15, -0.1) is 0 Å². The minimum absolute atomic E-state index is 0.123. The molecule has 0 N–H and O–H groups in total. The van der Waals surface area contributed by atoms with Crippen molar-refractivity contribution in [2.45, 2.75) is 88.0 Å². The van der Waals surface area contributed by atoms with Crippen LogP contribution >= 0.6 is 0 Å². The molecule has 2 aromatic carbocycles. The summed E-state index contributed by atoms with van der Waals surface area (Å²) in [4.78, 5) is 41.9. The highest BCUT2D eigenvalue weighted by Crippen LogP contribution is 2.76. The normalized spacial score (nSPS) is 41.1. The molecule has 7 fully saturated rings. The van der Waals surface area contributed by atoms with Crippen molar-refractivity contribution >= 4 is 17.7 Å². The second-order valence-electron chi connectivity index (χ2n) is 16.2. The lowest BCUT2D eigenvalue weighted by atomic mass is 9.59. The lowest BCUT2D eigenvalue weighted by Gasteiger charge is -2.53. The highest BCUT2D eigenvalue weighted by Gasteiger charge is 2.85. The van der Waals surface area contributed by atoms with E-state index in [0.717, 1.165) is 28.7 Å². The number of Topliss-reactive ketones (excluding diaryl/α,β-unsaturated/α-hetero) is 1. The molecule has 5 aliphatic carbocycles. The van der Waals surface area contributed by atoms with Crippen LogP contribution in [-0.2, 0) is 46.5 Å². The molecule has 51 heavy (non-hydrogen) atoms. The molecule has 0 bridgehead atoms. The van der Waals surface area contributed by atoms with E-state index in [1.807, 2.05) is 60.7 Å². The van der Waals surface area contributed by atoms with E-state index in [4.69, 9.17) is 18.9 Å². The zero-order chi connectivity index (χ0) is 35.3. The van der Waals surface area contributed by atoms with Gasteiger partial charge in [-0.25, -0.2) is 9.59 Å². The number of esters is 2. The fourth-order valence-corrected chi connectivity index (χ4v) is 12.2. The summed E-state index contributed by atoms with van der Waals surface area (Å²) in [6, 6.07) is 20.1. The van der Waals surface area contributed by atoms with Gasteiger partial charge in [-0.3, -0.25) is 4.79 Å². The molecule has 7 nitrogen and oxygen atoms in total. The van der Waals surface area contributed by atoms with Gasteiger partial charge in [0, 0.05) is 41.2 Å². The number of allylic oxidation sites excluding steroid dienone is 2. The summed E-state index contributed by atoms with van der Waals surface area (Å²) in [5.74, 6) is -1.99. The molecule has 0 aromatic heterocycles. The summed E-state index contributed by atoms with van der Waals surface area (Å²) in [6.45, 7) is 18.2. The van der Waals surface area contributed by atoms with E-state index in [2.05, 4.69) is 26.3 Å². The van der Waals surface area contributed by atoms with E-state index in [1.54, 1.807) is 0 Å². The van der Waals surface area contributed by atoms with Crippen LogP contribution < -0.4 is 0 Å². The minimum Gasteiger partial charge on any atom is -0.458 e. The molecular weight excluding hydrogens is 640 g/mol. The quantitative estimate of drug-likeness (QED) is 0.178. The summed E-state index contributed by atoms with van der Waals surface area (Å²) < 4.78 is 27.7. The van der Waals surface area contributed by atoms with Crippen molar-refractivity contribution in [1.82, 2.24) is 0 Å². The minimum atomic E-state index is -1.16. The number of carbonyl (C=O) groups excluding carboxylic acids is 3. The largest absolute Gasteiger partial charge is 0.458 e. The van der Waals surface area contributed by atoms with Gasteiger partial charge in [-0.05, 0) is 67.9 Å². The predicted molar refractivity (Wildman–Crippen MR) is 190 cm³/mol. The molecule has 0 amide bonds. The molecule has 11 atom stereocenters. The topological polar surface area (TPSA) is 88.1 Å². The standard InChI is InChI=1S/C44H46O7/c1-25-15-17-31-27(3)40(46)50-38(31)36-33(25)21-35(45)42(36)19-20-43(48-23-29-11-7-5-8-12-29)37-34(22-44(42,43)49-24-30-13-9-6-10-14-30)26(2)16-18-32-28(4)41(47)51-39(32)37/h5-14,31-34,36-39H,1-4,15-24H2/t31-,32-,33-,34-,36?,37-,38-,39-,42+,43-,44-/m0/s1. The van der Waals surface area contributed by atoms with Gasteiger partial charge in [-0.1, -0.05) is 98.1 Å². The summed E-state index contributed by atoms with van der Waals surface area (Å²) in [5, 5.41) is 0. The Labute approximate surface area is 299 Å². The highest BCUT2D eigenvalue weighted by molar-refractivity contribution is 5.94. The van der Waals surface area contributed by atoms with Crippen LogP contribution in [0.5, 0.6) is 0 Å². The third-order valence-electron chi connectivity index (χ3n) is 14.4. The molecule has 5 saturated carbocycles. The number of hydrogen-bond acceptors (Lipinski definition) is 7. The van der Waals surface area contributed by atoms with E-state index >= 15 is 4.79 Å². The third-order valence-corrected chi connectivity index (χ3v) is 14.4. The van der Waals surface area contributed by atoms with Crippen molar-refractivity contribution in [1.29, 1.82) is 0 Å². The van der Waals surface area contributed by atoms with E-state index < -0.39 is 28.8 Å². The Kier molecular flexibility index (Phi) is 7.54. The lowest BCUT2D eigenvalue weighted by molar-refractivity contribution is -0.252. The van der Waals surface area contributed by atoms with Gasteiger partial charge in [-0.2, -0.15) is 0 Å². The van der Waals surface area contributed by atoms with E-state index in [1.165, 1.54) is 0 Å². The van der Waals surface area contributed by atoms with Crippen LogP contribution in [0.2, 0.25) is 0 Å². The Bertz CT molecular complexity index is 1860. The van der Waals surface area contributed by atoms with Crippen molar-refractivity contribution < 1.29 is 33.3 Å². The van der Waals surface area contributed by atoms with Gasteiger partial charge in [0.2, 0.25) is 0 Å². The first-order valence-electron chi connectivity index (χ1n) is 18.7. The van der Waals surface area contributed by atoms with Gasteiger partial charge in [0.1, 0.15) is 29.2 Å². The zero-order valence-corrected chi connectivity index (χ0v) is 29.1. The fraction of sp³-hybridized carbons (Fsp3) is 0.477. The van der Waals surface area contributed by atoms with Gasteiger partial charge < -0.3 is 18.9 Å². The number of benzene rings is 2. The molecule has 1 unspecified atom stereocenters. The molecule has 9 rings (SSSR count). The maximum Gasteiger partial charge on any atom is 0.334 e. The second kappa shape index (κ2) is 11.7. The van der Waals surface area contributed by atoms with Crippen LogP contribution in [0.4, 0.5) is 0 Å². The van der Waals surface area contributed by atoms with Crippen LogP contribution in [0.3, 0.4) is 0 Å². The molecule has 2 saturated heterocycles. The van der Waals surface area contributed by atoms with Gasteiger partial charge in [0.15, 0.2) is 0 Å². The average Bonchev–Trinajstić information content (AvgIpc) is 3.81. The molecule has 7 aliphatic rings. The SMILES string of the molecule is C=C1CC[C@H]2C(=C)C(=O)O[C@@H]2C2[C@H]1CC(=O)[C@]21CC[C@]2(OCc3ccccc3)[C@@H]3[C@H]4OC(=O)C(=C)[C@@H]4CCC(=C)[C@@H]3C[C@@]21OCc1ccccc1.